The summed E-state index contributed by atoms with van der Waals surface area (Å²) in [6.45, 7) is 4.01. The maximum Gasteiger partial charge on any atom is 0.329 e. The number of alkyl halides is 1. The fourth-order valence-electron chi connectivity index (χ4n) is 10.5. The van der Waals surface area contributed by atoms with E-state index in [9.17, 15) is 24.0 Å². The quantitative estimate of drug-likeness (QED) is 0.185. The molecule has 6 aromatic rings. The summed E-state index contributed by atoms with van der Waals surface area (Å²) in [6.07, 6.45) is 4.46. The number of hydrogen-bond acceptors (Lipinski definition) is 11. The second-order valence-electron chi connectivity index (χ2n) is 18.1. The van der Waals surface area contributed by atoms with Crippen LogP contribution in [0.15, 0.2) is 72.5 Å². The van der Waals surface area contributed by atoms with Gasteiger partial charge in [0.2, 0.25) is 11.8 Å². The van der Waals surface area contributed by atoms with Crippen molar-refractivity contribution in [2.24, 2.45) is 7.05 Å². The Morgan fingerprint density at radius 1 is 0.941 bits per heavy atom. The van der Waals surface area contributed by atoms with Crippen molar-refractivity contribution in [1.82, 2.24) is 44.3 Å². The van der Waals surface area contributed by atoms with E-state index in [2.05, 4.69) is 30.6 Å². The first-order chi connectivity index (χ1) is 33.0. The Labute approximate surface area is 393 Å². The van der Waals surface area contributed by atoms with Crippen molar-refractivity contribution in [3.8, 4) is 11.1 Å². The van der Waals surface area contributed by atoms with Crippen LogP contribution in [0.3, 0.4) is 0 Å². The van der Waals surface area contributed by atoms with E-state index in [1.54, 1.807) is 35.7 Å². The van der Waals surface area contributed by atoms with Gasteiger partial charge in [-0.25, -0.2) is 23.5 Å². The summed E-state index contributed by atoms with van der Waals surface area (Å²) in [6, 6.07) is 14.9. The molecule has 0 bridgehead atoms. The van der Waals surface area contributed by atoms with Gasteiger partial charge >= 0.3 is 6.03 Å². The Hall–Kier alpha value is -7.06. The normalized spacial score (nSPS) is 20.2. The molecule has 3 fully saturated rings. The van der Waals surface area contributed by atoms with Crippen LogP contribution in [-0.2, 0) is 40.9 Å². The SMILES string of the molecule is Cn1nc(N2CCC(=O)NC2=O)c2ccc([C@@H]3CCN(CC(=O)N4CCN(c5ccc(-c6cc(F)c7c(c6)C(=O)N(C(C(=O)Nc6nccs6)c6ncn8c6CCC8)C7)cc5)CC4)C[C@@H]3F)cc21. The van der Waals surface area contributed by atoms with E-state index in [1.807, 2.05) is 56.8 Å². The fraction of sp³-hybridized carbons (Fsp3) is 0.375. The van der Waals surface area contributed by atoms with Gasteiger partial charge in [0, 0.05) is 105 Å². The first kappa shape index (κ1) is 43.5. The van der Waals surface area contributed by atoms with Crippen LogP contribution in [0.5, 0.6) is 0 Å². The molecule has 11 rings (SSSR count). The zero-order chi connectivity index (χ0) is 46.8. The van der Waals surface area contributed by atoms with Gasteiger partial charge in [-0.2, -0.15) is 5.10 Å². The number of urea groups is 1. The number of piperidine rings is 1. The maximum absolute atomic E-state index is 16.0. The lowest BCUT2D eigenvalue weighted by Gasteiger charge is -2.39. The van der Waals surface area contributed by atoms with E-state index in [4.69, 9.17) is 0 Å². The first-order valence-corrected chi connectivity index (χ1v) is 23.8. The lowest BCUT2D eigenvalue weighted by Crippen LogP contribution is -2.52. The zero-order valence-corrected chi connectivity index (χ0v) is 38.1. The molecule has 350 valence electrons. The van der Waals surface area contributed by atoms with Gasteiger partial charge < -0.3 is 19.3 Å². The van der Waals surface area contributed by atoms with Crippen molar-refractivity contribution in [2.75, 3.05) is 67.5 Å². The summed E-state index contributed by atoms with van der Waals surface area (Å²) in [5.41, 5.74) is 5.65. The van der Waals surface area contributed by atoms with Crippen molar-refractivity contribution < 1.29 is 32.8 Å². The molecule has 0 spiro atoms. The largest absolute Gasteiger partial charge is 0.368 e. The van der Waals surface area contributed by atoms with Gasteiger partial charge in [0.1, 0.15) is 12.0 Å². The number of piperazine rings is 1. The van der Waals surface area contributed by atoms with Crippen molar-refractivity contribution in [3.05, 3.63) is 106 Å². The Bertz CT molecular complexity index is 2990. The summed E-state index contributed by atoms with van der Waals surface area (Å²) in [5, 5.41) is 12.6. The lowest BCUT2D eigenvalue weighted by molar-refractivity contribution is -0.133. The Balaban J connectivity index is 0.698. The van der Waals surface area contributed by atoms with Crippen LogP contribution < -0.4 is 20.4 Å². The second-order valence-corrected chi connectivity index (χ2v) is 19.0. The van der Waals surface area contributed by atoms with Gasteiger partial charge in [-0.1, -0.05) is 18.2 Å². The molecule has 1 unspecified atom stereocenters. The number of nitrogens with zero attached hydrogens (tertiary/aromatic N) is 10. The van der Waals surface area contributed by atoms with Crippen LogP contribution in [0.25, 0.3) is 22.0 Å². The van der Waals surface area contributed by atoms with Crippen molar-refractivity contribution >= 4 is 68.5 Å². The van der Waals surface area contributed by atoms with Gasteiger partial charge in [0.05, 0.1) is 30.6 Å². The van der Waals surface area contributed by atoms with Crippen molar-refractivity contribution in [2.45, 2.75) is 56.9 Å². The summed E-state index contributed by atoms with van der Waals surface area (Å²) in [5.74, 6) is -1.68. The molecule has 6 amide bonds. The Morgan fingerprint density at radius 3 is 2.53 bits per heavy atom. The molecule has 5 aliphatic rings. The topological polar surface area (TPSA) is 174 Å². The number of anilines is 3. The number of likely N-dealkylation sites (tertiary alicyclic amines) is 1. The highest BCUT2D eigenvalue weighted by Crippen LogP contribution is 2.39. The molecule has 0 aliphatic carbocycles. The summed E-state index contributed by atoms with van der Waals surface area (Å²) < 4.78 is 35.5. The summed E-state index contributed by atoms with van der Waals surface area (Å²) >= 11 is 1.27. The van der Waals surface area contributed by atoms with E-state index in [1.165, 1.54) is 27.2 Å². The number of hydrogen-bond donors (Lipinski definition) is 2. The minimum atomic E-state index is -1.18. The third-order valence-corrected chi connectivity index (χ3v) is 14.8. The molecule has 8 heterocycles. The number of aryl methyl sites for hydroxylation is 2. The van der Waals surface area contributed by atoms with Crippen LogP contribution in [0, 0.1) is 5.82 Å². The van der Waals surface area contributed by atoms with Crippen LogP contribution in [0.1, 0.15) is 64.1 Å². The van der Waals surface area contributed by atoms with Gasteiger partial charge in [-0.05, 0) is 78.9 Å². The molecule has 2 N–H and O–H groups in total. The number of rotatable bonds is 10. The molecule has 5 aliphatic heterocycles. The number of fused-ring (bicyclic) bond motifs is 3. The molecule has 68 heavy (non-hydrogen) atoms. The monoisotopic (exact) mass is 942 g/mol. The minimum Gasteiger partial charge on any atom is -0.368 e. The number of benzene rings is 3. The molecule has 17 nitrogen and oxygen atoms in total. The number of carbonyl (C=O) groups is 5. The number of imidazole rings is 1. The fourth-order valence-corrected chi connectivity index (χ4v) is 11.0. The Kier molecular flexibility index (Phi) is 11.2. The van der Waals surface area contributed by atoms with E-state index < -0.39 is 35.9 Å². The van der Waals surface area contributed by atoms with Gasteiger partial charge in [0.15, 0.2) is 17.0 Å². The molecule has 0 radical (unpaired) electrons. The summed E-state index contributed by atoms with van der Waals surface area (Å²) in [4.78, 5) is 83.3. The number of nitrogens with one attached hydrogen (secondary N) is 2. The molecule has 3 saturated heterocycles. The van der Waals surface area contributed by atoms with Crippen LogP contribution in [0.2, 0.25) is 0 Å². The van der Waals surface area contributed by atoms with Crippen LogP contribution in [0.4, 0.5) is 30.2 Å². The number of aromatic nitrogens is 5. The van der Waals surface area contributed by atoms with E-state index in [-0.39, 0.29) is 61.5 Å². The average molecular weight is 943 g/mol. The van der Waals surface area contributed by atoms with E-state index in [0.717, 1.165) is 52.8 Å². The van der Waals surface area contributed by atoms with Gasteiger partial charge in [0.25, 0.3) is 11.8 Å². The Morgan fingerprint density at radius 2 is 1.76 bits per heavy atom. The highest BCUT2D eigenvalue weighted by atomic mass is 32.1. The van der Waals surface area contributed by atoms with E-state index >= 15 is 8.78 Å². The zero-order valence-electron chi connectivity index (χ0n) is 37.2. The van der Waals surface area contributed by atoms with Gasteiger partial charge in [-0.3, -0.25) is 44.3 Å². The molecule has 3 aromatic carbocycles. The number of carbonyl (C=O) groups excluding carboxylic acids is 5. The molecular weight excluding hydrogens is 895 g/mol. The van der Waals surface area contributed by atoms with Crippen molar-refractivity contribution in [3.63, 3.8) is 0 Å². The maximum atomic E-state index is 16.0. The molecular formula is C48H48F2N12O5S. The molecule has 0 saturated carbocycles. The van der Waals surface area contributed by atoms with Crippen molar-refractivity contribution in [1.29, 1.82) is 0 Å². The molecule has 20 heteroatoms. The predicted octanol–water partition coefficient (Wildman–Crippen LogP) is 5.24. The highest BCUT2D eigenvalue weighted by molar-refractivity contribution is 7.13. The lowest BCUT2D eigenvalue weighted by atomic mass is 9.87. The predicted molar refractivity (Wildman–Crippen MR) is 249 cm³/mol. The number of amides is 6. The highest BCUT2D eigenvalue weighted by Gasteiger charge is 2.42. The van der Waals surface area contributed by atoms with Crippen LogP contribution >= 0.6 is 11.3 Å². The third-order valence-electron chi connectivity index (χ3n) is 14.1. The number of halogens is 2. The number of imide groups is 1. The second kappa shape index (κ2) is 17.5. The molecule has 3 atom stereocenters. The standard InChI is InChI=1S/C48H48F2N12O5S/c1-56-39-23-29(6-9-33(39)44(55-56)61-15-11-40(63)53-48(61)67)32-10-14-57(25-37(32)50)26-41(64)59-18-16-58(17-19-59)31-7-4-28(5-8-31)30-21-34-35(36(49)22-30)24-62(46(34)66)43(45(65)54-47-51-12-20-68-47)42-38-3-2-13-60(38)27-52-42/h4-9,12,20-23,27,32,37,43H,2-3,10-11,13-19,24-26H2,1H3,(H,51,54,65)(H,53,63,67)/t32-,37-,43?/m0/s1. The molecule has 3 aromatic heterocycles. The minimum absolute atomic E-state index is 0.0371. The summed E-state index contributed by atoms with van der Waals surface area (Å²) in [7, 11) is 1.78. The first-order valence-electron chi connectivity index (χ1n) is 22.9. The number of thiazole rings is 1. The van der Waals surface area contributed by atoms with Gasteiger partial charge in [-0.15, -0.1) is 11.3 Å². The average Bonchev–Trinajstić information content (AvgIpc) is 4.20. The smallest absolute Gasteiger partial charge is 0.329 e. The van der Waals surface area contributed by atoms with Crippen LogP contribution in [-0.4, -0.2) is 127 Å². The third kappa shape index (κ3) is 7.93. The van der Waals surface area contributed by atoms with E-state index in [0.29, 0.717) is 61.4 Å².